The van der Waals surface area contributed by atoms with Gasteiger partial charge in [-0.1, -0.05) is 0 Å². The molecule has 6 heteroatoms. The molecule has 0 unspecified atom stereocenters. The molecule has 1 aliphatic heterocycles. The lowest BCUT2D eigenvalue weighted by molar-refractivity contribution is -0.117. The minimum absolute atomic E-state index is 0.302. The molecule has 6 nitrogen and oxygen atoms in total. The van der Waals surface area contributed by atoms with E-state index in [0.717, 1.165) is 31.7 Å². The van der Waals surface area contributed by atoms with Crippen molar-refractivity contribution in [3.05, 3.63) is 18.3 Å². The average molecular weight is 275 g/mol. The number of hydrogen-bond acceptors (Lipinski definition) is 5. The normalized spacial score (nSPS) is 14.9. The summed E-state index contributed by atoms with van der Waals surface area (Å²) < 4.78 is 0. The number of piperidine rings is 1. The SMILES string of the molecule is C#CCCC(N)=O.NC1CCN(c2cccnn2)CC1. The lowest BCUT2D eigenvalue weighted by Crippen LogP contribution is -2.40. The number of carbonyl (C=O) groups excluding carboxylic acids is 1. The molecular formula is C14H21N5O. The van der Waals surface area contributed by atoms with Crippen molar-refractivity contribution in [3.63, 3.8) is 0 Å². The minimum Gasteiger partial charge on any atom is -0.370 e. The highest BCUT2D eigenvalue weighted by Crippen LogP contribution is 2.15. The van der Waals surface area contributed by atoms with Crippen LogP contribution in [0.3, 0.4) is 0 Å². The molecule has 0 bridgehead atoms. The summed E-state index contributed by atoms with van der Waals surface area (Å²) in [5.74, 6) is 2.93. The Morgan fingerprint density at radius 1 is 1.50 bits per heavy atom. The van der Waals surface area contributed by atoms with Gasteiger partial charge >= 0.3 is 0 Å². The van der Waals surface area contributed by atoms with Gasteiger partial charge in [0.05, 0.1) is 0 Å². The van der Waals surface area contributed by atoms with Crippen molar-refractivity contribution in [1.82, 2.24) is 10.2 Å². The summed E-state index contributed by atoms with van der Waals surface area (Å²) in [6.07, 6.45) is 9.37. The van der Waals surface area contributed by atoms with Crippen molar-refractivity contribution >= 4 is 11.7 Å². The van der Waals surface area contributed by atoms with Gasteiger partial charge in [-0.05, 0) is 25.0 Å². The average Bonchev–Trinajstić information content (AvgIpc) is 2.47. The Kier molecular flexibility index (Phi) is 7.07. The van der Waals surface area contributed by atoms with E-state index in [0.29, 0.717) is 18.9 Å². The van der Waals surface area contributed by atoms with Gasteiger partial charge < -0.3 is 16.4 Å². The standard InChI is InChI=1S/C9H14N4.C5H7NO/c10-8-3-6-13(7-4-8)9-2-1-5-11-12-9;1-2-3-4-5(6)7/h1-2,5,8H,3-4,6-7,10H2;1H,3-4H2,(H2,6,7). The summed E-state index contributed by atoms with van der Waals surface area (Å²) in [7, 11) is 0. The molecular weight excluding hydrogens is 254 g/mol. The van der Waals surface area contributed by atoms with Crippen molar-refractivity contribution in [2.75, 3.05) is 18.0 Å². The third-order valence-electron chi connectivity index (χ3n) is 2.94. The van der Waals surface area contributed by atoms with Gasteiger partial charge in [-0.3, -0.25) is 4.79 Å². The van der Waals surface area contributed by atoms with Crippen molar-refractivity contribution in [2.24, 2.45) is 11.5 Å². The van der Waals surface area contributed by atoms with Crippen LogP contribution in [0.4, 0.5) is 5.82 Å². The Balaban J connectivity index is 0.000000246. The summed E-state index contributed by atoms with van der Waals surface area (Å²) >= 11 is 0. The number of carbonyl (C=O) groups is 1. The number of nitrogens with two attached hydrogens (primary N) is 2. The first kappa shape index (κ1) is 15.9. The summed E-state index contributed by atoms with van der Waals surface area (Å²) in [5.41, 5.74) is 10.6. The van der Waals surface area contributed by atoms with Gasteiger partial charge in [0, 0.05) is 38.2 Å². The number of hydrogen-bond donors (Lipinski definition) is 2. The van der Waals surface area contributed by atoms with Crippen molar-refractivity contribution in [1.29, 1.82) is 0 Å². The Labute approximate surface area is 119 Å². The molecule has 2 rings (SSSR count). The lowest BCUT2D eigenvalue weighted by Gasteiger charge is -2.30. The molecule has 0 aliphatic carbocycles. The molecule has 108 valence electrons. The van der Waals surface area contributed by atoms with Crippen molar-refractivity contribution in [3.8, 4) is 12.3 Å². The number of rotatable bonds is 3. The third-order valence-corrected chi connectivity index (χ3v) is 2.94. The van der Waals surface area contributed by atoms with E-state index in [1.165, 1.54) is 0 Å². The van der Waals surface area contributed by atoms with Crippen LogP contribution < -0.4 is 16.4 Å². The van der Waals surface area contributed by atoms with Crippen LogP contribution in [-0.2, 0) is 4.79 Å². The molecule has 0 spiro atoms. The maximum absolute atomic E-state index is 9.88. The fourth-order valence-electron chi connectivity index (χ4n) is 1.79. The number of primary amides is 1. The van der Waals surface area contributed by atoms with Gasteiger partial charge in [-0.15, -0.1) is 17.4 Å². The largest absolute Gasteiger partial charge is 0.370 e. The van der Waals surface area contributed by atoms with Gasteiger partial charge in [-0.2, -0.15) is 5.10 Å². The van der Waals surface area contributed by atoms with E-state index in [4.69, 9.17) is 17.9 Å². The van der Waals surface area contributed by atoms with Crippen LogP contribution in [0.15, 0.2) is 18.3 Å². The predicted octanol–water partition coefficient (Wildman–Crippen LogP) is 0.289. The molecule has 0 atom stereocenters. The van der Waals surface area contributed by atoms with Crippen LogP contribution >= 0.6 is 0 Å². The van der Waals surface area contributed by atoms with Gasteiger partial charge in [0.2, 0.25) is 5.91 Å². The van der Waals surface area contributed by atoms with E-state index in [1.807, 2.05) is 12.1 Å². The summed E-state index contributed by atoms with van der Waals surface area (Å²) in [4.78, 5) is 12.1. The second-order valence-electron chi connectivity index (χ2n) is 4.58. The molecule has 1 aliphatic rings. The Bertz CT molecular complexity index is 435. The monoisotopic (exact) mass is 275 g/mol. The third kappa shape index (κ3) is 6.16. The fourth-order valence-corrected chi connectivity index (χ4v) is 1.79. The molecule has 1 fully saturated rings. The quantitative estimate of drug-likeness (QED) is 0.773. The highest BCUT2D eigenvalue weighted by Gasteiger charge is 2.16. The van der Waals surface area contributed by atoms with Crippen LogP contribution in [-0.4, -0.2) is 35.2 Å². The number of terminal acetylenes is 1. The van der Waals surface area contributed by atoms with E-state index in [2.05, 4.69) is 21.0 Å². The zero-order chi connectivity index (χ0) is 14.8. The fraction of sp³-hybridized carbons (Fsp3) is 0.500. The van der Waals surface area contributed by atoms with E-state index < -0.39 is 0 Å². The molecule has 4 N–H and O–H groups in total. The predicted molar refractivity (Wildman–Crippen MR) is 78.7 cm³/mol. The summed E-state index contributed by atoms with van der Waals surface area (Å²) in [6.45, 7) is 2.00. The summed E-state index contributed by atoms with van der Waals surface area (Å²) in [6, 6.07) is 4.27. The zero-order valence-corrected chi connectivity index (χ0v) is 11.5. The Morgan fingerprint density at radius 3 is 2.65 bits per heavy atom. The molecule has 0 aromatic carbocycles. The van der Waals surface area contributed by atoms with E-state index in [9.17, 15) is 4.79 Å². The van der Waals surface area contributed by atoms with E-state index in [-0.39, 0.29) is 5.91 Å². The number of aromatic nitrogens is 2. The molecule has 1 aromatic rings. The van der Waals surface area contributed by atoms with Crippen LogP contribution in [0, 0.1) is 12.3 Å². The highest BCUT2D eigenvalue weighted by atomic mass is 16.1. The molecule has 20 heavy (non-hydrogen) atoms. The molecule has 1 amide bonds. The lowest BCUT2D eigenvalue weighted by atomic mass is 10.1. The second kappa shape index (κ2) is 8.88. The first-order valence-electron chi connectivity index (χ1n) is 6.63. The molecule has 2 heterocycles. The number of anilines is 1. The van der Waals surface area contributed by atoms with Crippen LogP contribution in [0.25, 0.3) is 0 Å². The van der Waals surface area contributed by atoms with E-state index >= 15 is 0 Å². The van der Waals surface area contributed by atoms with E-state index in [1.54, 1.807) is 6.20 Å². The maximum Gasteiger partial charge on any atom is 0.218 e. The molecule has 0 saturated carbocycles. The second-order valence-corrected chi connectivity index (χ2v) is 4.58. The van der Waals surface area contributed by atoms with Gasteiger partial charge in [-0.25, -0.2) is 0 Å². The smallest absolute Gasteiger partial charge is 0.218 e. The van der Waals surface area contributed by atoms with Crippen LogP contribution in [0.5, 0.6) is 0 Å². The molecule has 1 saturated heterocycles. The van der Waals surface area contributed by atoms with Gasteiger partial charge in [0.25, 0.3) is 0 Å². The topological polar surface area (TPSA) is 98.1 Å². The highest BCUT2D eigenvalue weighted by molar-refractivity contribution is 5.73. The first-order valence-corrected chi connectivity index (χ1v) is 6.63. The summed E-state index contributed by atoms with van der Waals surface area (Å²) in [5, 5.41) is 7.92. The molecule has 0 radical (unpaired) electrons. The first-order chi connectivity index (χ1) is 9.63. The van der Waals surface area contributed by atoms with Crippen LogP contribution in [0.2, 0.25) is 0 Å². The van der Waals surface area contributed by atoms with Gasteiger partial charge in [0.15, 0.2) is 5.82 Å². The zero-order valence-electron chi connectivity index (χ0n) is 11.5. The Hall–Kier alpha value is -2.13. The maximum atomic E-state index is 9.88. The van der Waals surface area contributed by atoms with Crippen molar-refractivity contribution in [2.45, 2.75) is 31.7 Å². The molecule has 1 aromatic heterocycles. The van der Waals surface area contributed by atoms with Gasteiger partial charge in [0.1, 0.15) is 0 Å². The minimum atomic E-state index is -0.335. The number of amides is 1. The Morgan fingerprint density at radius 2 is 2.20 bits per heavy atom. The van der Waals surface area contributed by atoms with Crippen molar-refractivity contribution < 1.29 is 4.79 Å². The number of nitrogens with zero attached hydrogens (tertiary/aromatic N) is 3. The van der Waals surface area contributed by atoms with Crippen LogP contribution in [0.1, 0.15) is 25.7 Å².